The van der Waals surface area contributed by atoms with Gasteiger partial charge in [0.1, 0.15) is 6.04 Å². The molecule has 0 bridgehead atoms. The Morgan fingerprint density at radius 1 is 1.22 bits per heavy atom. The van der Waals surface area contributed by atoms with E-state index in [4.69, 9.17) is 5.73 Å². The smallest absolute Gasteiger partial charge is 0.255 e. The molecule has 1 aromatic rings. The predicted molar refractivity (Wildman–Crippen MR) is 99.6 cm³/mol. The molecule has 4 N–H and O–H groups in total. The molecular weight excluding hydrogens is 344 g/mol. The minimum absolute atomic E-state index is 0.0880. The van der Waals surface area contributed by atoms with Crippen LogP contribution in [0.15, 0.2) is 18.2 Å². The van der Waals surface area contributed by atoms with Gasteiger partial charge in [0.15, 0.2) is 0 Å². The number of carbonyl (C=O) groups excluding carboxylic acids is 3. The predicted octanol–water partition coefficient (Wildman–Crippen LogP) is 0.809. The highest BCUT2D eigenvalue weighted by atomic mass is 16.2. The molecule has 1 saturated carbocycles. The Labute approximate surface area is 158 Å². The molecule has 144 valence electrons. The molecule has 0 spiro atoms. The van der Waals surface area contributed by atoms with E-state index in [0.717, 1.165) is 30.5 Å². The first-order chi connectivity index (χ1) is 13.0. The Morgan fingerprint density at radius 2 is 2.00 bits per heavy atom. The van der Waals surface area contributed by atoms with Crippen LogP contribution in [0.2, 0.25) is 0 Å². The van der Waals surface area contributed by atoms with Crippen LogP contribution in [-0.2, 0) is 22.7 Å². The van der Waals surface area contributed by atoms with E-state index in [-0.39, 0.29) is 29.7 Å². The van der Waals surface area contributed by atoms with Crippen molar-refractivity contribution in [3.63, 3.8) is 0 Å². The van der Waals surface area contributed by atoms with Crippen LogP contribution in [0.3, 0.4) is 0 Å². The Bertz CT molecular complexity index is 785. The zero-order valence-electron chi connectivity index (χ0n) is 15.4. The number of imide groups is 1. The number of nitrogens with one attached hydrogen (secondary N) is 2. The van der Waals surface area contributed by atoms with Crippen LogP contribution >= 0.6 is 0 Å². The number of carbonyl (C=O) groups is 3. The normalized spacial score (nSPS) is 24.3. The quantitative estimate of drug-likeness (QED) is 0.666. The third-order valence-electron chi connectivity index (χ3n) is 5.99. The standard InChI is InChI=1S/C20H26N4O3/c21-20(7-1-2-8-20)12-22-10-13-3-4-15-14(9-13)11-24(19(15)27)16-5-6-17(25)23-18(16)26/h3-4,9,16,22H,1-2,5-8,10-12,21H2,(H,23,25,26). The summed E-state index contributed by atoms with van der Waals surface area (Å²) in [5.41, 5.74) is 8.98. The number of nitrogens with two attached hydrogens (primary N) is 1. The fourth-order valence-electron chi connectivity index (χ4n) is 4.45. The number of fused-ring (bicyclic) bond motifs is 1. The van der Waals surface area contributed by atoms with Crippen molar-refractivity contribution in [2.75, 3.05) is 6.54 Å². The molecule has 1 saturated heterocycles. The number of amides is 3. The van der Waals surface area contributed by atoms with Gasteiger partial charge in [-0.2, -0.15) is 0 Å². The summed E-state index contributed by atoms with van der Waals surface area (Å²) in [6.07, 6.45) is 5.20. The average Bonchev–Trinajstić information content (AvgIpc) is 3.19. The molecule has 27 heavy (non-hydrogen) atoms. The number of hydrogen-bond donors (Lipinski definition) is 3. The van der Waals surface area contributed by atoms with E-state index in [2.05, 4.69) is 10.6 Å². The topological polar surface area (TPSA) is 105 Å². The van der Waals surface area contributed by atoms with Gasteiger partial charge in [0.05, 0.1) is 0 Å². The summed E-state index contributed by atoms with van der Waals surface area (Å²) in [7, 11) is 0. The third kappa shape index (κ3) is 3.61. The number of rotatable bonds is 5. The van der Waals surface area contributed by atoms with E-state index in [9.17, 15) is 14.4 Å². The highest BCUT2D eigenvalue weighted by Gasteiger charge is 2.39. The molecule has 3 aliphatic rings. The first kappa shape index (κ1) is 18.1. The van der Waals surface area contributed by atoms with Crippen molar-refractivity contribution in [3.05, 3.63) is 34.9 Å². The van der Waals surface area contributed by atoms with E-state index < -0.39 is 6.04 Å². The van der Waals surface area contributed by atoms with Gasteiger partial charge in [-0.1, -0.05) is 25.0 Å². The number of benzene rings is 1. The summed E-state index contributed by atoms with van der Waals surface area (Å²) in [5.74, 6) is -0.779. The van der Waals surface area contributed by atoms with Gasteiger partial charge in [-0.15, -0.1) is 0 Å². The molecule has 1 unspecified atom stereocenters. The molecule has 1 aliphatic carbocycles. The van der Waals surface area contributed by atoms with Gasteiger partial charge in [-0.25, -0.2) is 0 Å². The summed E-state index contributed by atoms with van der Waals surface area (Å²) in [6, 6.07) is 5.26. The van der Waals surface area contributed by atoms with Gasteiger partial charge in [0, 0.05) is 37.2 Å². The number of nitrogens with zero attached hydrogens (tertiary/aromatic N) is 1. The second kappa shape index (κ2) is 7.05. The van der Waals surface area contributed by atoms with Crippen LogP contribution < -0.4 is 16.4 Å². The molecule has 2 heterocycles. The van der Waals surface area contributed by atoms with Crippen molar-refractivity contribution < 1.29 is 14.4 Å². The van der Waals surface area contributed by atoms with Gasteiger partial charge < -0.3 is 16.0 Å². The van der Waals surface area contributed by atoms with Gasteiger partial charge in [0.2, 0.25) is 11.8 Å². The van der Waals surface area contributed by atoms with Gasteiger partial charge in [0.25, 0.3) is 5.91 Å². The Morgan fingerprint density at radius 3 is 2.74 bits per heavy atom. The van der Waals surface area contributed by atoms with Crippen molar-refractivity contribution in [3.8, 4) is 0 Å². The third-order valence-corrected chi connectivity index (χ3v) is 5.99. The van der Waals surface area contributed by atoms with Crippen molar-refractivity contribution in [1.29, 1.82) is 0 Å². The Hall–Kier alpha value is -2.25. The minimum Gasteiger partial charge on any atom is -0.324 e. The lowest BCUT2D eigenvalue weighted by atomic mass is 9.99. The zero-order chi connectivity index (χ0) is 19.0. The fraction of sp³-hybridized carbons (Fsp3) is 0.550. The zero-order valence-corrected chi connectivity index (χ0v) is 15.4. The van der Waals surface area contributed by atoms with Crippen LogP contribution in [0.5, 0.6) is 0 Å². The van der Waals surface area contributed by atoms with E-state index in [1.165, 1.54) is 12.8 Å². The lowest BCUT2D eigenvalue weighted by Crippen LogP contribution is -2.52. The van der Waals surface area contributed by atoms with Gasteiger partial charge in [-0.3, -0.25) is 19.7 Å². The molecule has 2 fully saturated rings. The molecule has 7 heteroatoms. The van der Waals surface area contributed by atoms with E-state index in [0.29, 0.717) is 25.1 Å². The second-order valence-electron chi connectivity index (χ2n) is 8.06. The van der Waals surface area contributed by atoms with Crippen molar-refractivity contribution in [2.45, 2.75) is 63.2 Å². The summed E-state index contributed by atoms with van der Waals surface area (Å²) >= 11 is 0. The van der Waals surface area contributed by atoms with E-state index >= 15 is 0 Å². The summed E-state index contributed by atoms with van der Waals surface area (Å²) < 4.78 is 0. The molecule has 4 rings (SSSR count). The summed E-state index contributed by atoms with van der Waals surface area (Å²) in [4.78, 5) is 37.7. The number of piperidine rings is 1. The van der Waals surface area contributed by atoms with Crippen LogP contribution in [0, 0.1) is 0 Å². The molecular formula is C20H26N4O3. The SMILES string of the molecule is NC1(CNCc2ccc3c(c2)CN(C2CCC(=O)NC2=O)C3=O)CCCC1. The summed E-state index contributed by atoms with van der Waals surface area (Å²) in [6.45, 7) is 1.92. The summed E-state index contributed by atoms with van der Waals surface area (Å²) in [5, 5.41) is 5.78. The van der Waals surface area contributed by atoms with Crippen LogP contribution in [0.4, 0.5) is 0 Å². The maximum absolute atomic E-state index is 12.7. The molecule has 0 radical (unpaired) electrons. The minimum atomic E-state index is -0.566. The molecule has 1 aromatic carbocycles. The van der Waals surface area contributed by atoms with Crippen LogP contribution in [0.1, 0.15) is 60.0 Å². The molecule has 3 amide bonds. The number of hydrogen-bond acceptors (Lipinski definition) is 5. The lowest BCUT2D eigenvalue weighted by Gasteiger charge is -2.29. The Kier molecular flexibility index (Phi) is 4.74. The highest BCUT2D eigenvalue weighted by Crippen LogP contribution is 2.29. The molecule has 0 aromatic heterocycles. The average molecular weight is 370 g/mol. The van der Waals surface area contributed by atoms with Gasteiger partial charge >= 0.3 is 0 Å². The largest absolute Gasteiger partial charge is 0.324 e. The van der Waals surface area contributed by atoms with Crippen molar-refractivity contribution >= 4 is 17.7 Å². The van der Waals surface area contributed by atoms with Crippen LogP contribution in [-0.4, -0.2) is 40.7 Å². The first-order valence-corrected chi connectivity index (χ1v) is 9.71. The first-order valence-electron chi connectivity index (χ1n) is 9.71. The monoisotopic (exact) mass is 370 g/mol. The molecule has 1 atom stereocenters. The Balaban J connectivity index is 1.40. The maximum Gasteiger partial charge on any atom is 0.255 e. The fourth-order valence-corrected chi connectivity index (χ4v) is 4.45. The van der Waals surface area contributed by atoms with E-state index in [1.54, 1.807) is 4.90 Å². The van der Waals surface area contributed by atoms with Gasteiger partial charge in [-0.05, 0) is 36.5 Å². The molecule has 7 nitrogen and oxygen atoms in total. The maximum atomic E-state index is 12.7. The van der Waals surface area contributed by atoms with Crippen LogP contribution in [0.25, 0.3) is 0 Å². The molecule has 2 aliphatic heterocycles. The van der Waals surface area contributed by atoms with Crippen molar-refractivity contribution in [1.82, 2.24) is 15.5 Å². The second-order valence-corrected chi connectivity index (χ2v) is 8.06. The lowest BCUT2D eigenvalue weighted by molar-refractivity contribution is -0.136. The van der Waals surface area contributed by atoms with E-state index in [1.807, 2.05) is 18.2 Å². The van der Waals surface area contributed by atoms with Crippen molar-refractivity contribution in [2.24, 2.45) is 5.73 Å². The highest BCUT2D eigenvalue weighted by molar-refractivity contribution is 6.05.